The zero-order chi connectivity index (χ0) is 25.2. The molecule has 0 aliphatic carbocycles. The summed E-state index contributed by atoms with van der Waals surface area (Å²) < 4.78 is 5.39. The molecule has 2 aliphatic heterocycles. The number of anilines is 1. The van der Waals surface area contributed by atoms with Gasteiger partial charge in [0.25, 0.3) is 0 Å². The fourth-order valence-electron chi connectivity index (χ4n) is 4.47. The van der Waals surface area contributed by atoms with Gasteiger partial charge < -0.3 is 25.4 Å². The molecule has 0 spiro atoms. The Morgan fingerprint density at radius 2 is 1.83 bits per heavy atom. The molecule has 3 N–H and O–H groups in total. The molecule has 0 saturated heterocycles. The standard InChI is InChI=1S/C27H31N3O5/c1-27(2,3)35-25(32)18-7-9-19(10-8-18)29-24(31)23-22-6-4-5-20(21(22)11-14-28-23)17-12-15-30(16-13-17)26(33)34/h4-10,12,23,28H,11,13-16H2,1-3H3,(H,29,31)(H,33,34)/t23-/m0/s1. The number of nitrogens with one attached hydrogen (secondary N) is 2. The summed E-state index contributed by atoms with van der Waals surface area (Å²) in [6, 6.07) is 12.1. The third-order valence-electron chi connectivity index (χ3n) is 6.12. The summed E-state index contributed by atoms with van der Waals surface area (Å²) in [5, 5.41) is 15.5. The lowest BCUT2D eigenvalue weighted by molar-refractivity contribution is -0.118. The largest absolute Gasteiger partial charge is 0.465 e. The number of rotatable bonds is 4. The molecule has 1 atom stereocenters. The van der Waals surface area contributed by atoms with Crippen LogP contribution in [0.3, 0.4) is 0 Å². The van der Waals surface area contributed by atoms with Gasteiger partial charge in [0.2, 0.25) is 5.91 Å². The maximum atomic E-state index is 13.2. The van der Waals surface area contributed by atoms with Gasteiger partial charge in [-0.3, -0.25) is 4.79 Å². The Morgan fingerprint density at radius 1 is 1.09 bits per heavy atom. The quantitative estimate of drug-likeness (QED) is 0.569. The number of benzene rings is 2. The third kappa shape index (κ3) is 5.71. The van der Waals surface area contributed by atoms with Crippen LogP contribution in [0.4, 0.5) is 10.5 Å². The van der Waals surface area contributed by atoms with E-state index in [1.54, 1.807) is 24.3 Å². The van der Waals surface area contributed by atoms with Gasteiger partial charge in [0.1, 0.15) is 11.6 Å². The van der Waals surface area contributed by atoms with Gasteiger partial charge in [-0.15, -0.1) is 0 Å². The molecule has 0 fully saturated rings. The monoisotopic (exact) mass is 477 g/mol. The van der Waals surface area contributed by atoms with Crippen LogP contribution in [0.1, 0.15) is 60.3 Å². The molecule has 8 nitrogen and oxygen atoms in total. The van der Waals surface area contributed by atoms with E-state index >= 15 is 0 Å². The molecule has 2 amide bonds. The highest BCUT2D eigenvalue weighted by molar-refractivity contribution is 5.97. The van der Waals surface area contributed by atoms with Crippen molar-refractivity contribution in [2.45, 2.75) is 45.3 Å². The number of esters is 1. The van der Waals surface area contributed by atoms with Crippen molar-refractivity contribution in [1.82, 2.24) is 10.2 Å². The number of carbonyl (C=O) groups is 3. The summed E-state index contributed by atoms with van der Waals surface area (Å²) in [5.74, 6) is -0.586. The molecule has 0 radical (unpaired) electrons. The smallest absolute Gasteiger partial charge is 0.407 e. The minimum atomic E-state index is -0.907. The van der Waals surface area contributed by atoms with Crippen molar-refractivity contribution in [2.24, 2.45) is 0 Å². The number of ether oxygens (including phenoxy) is 1. The fraction of sp³-hybridized carbons (Fsp3) is 0.370. The number of hydrogen-bond acceptors (Lipinski definition) is 5. The van der Waals surface area contributed by atoms with E-state index in [4.69, 9.17) is 4.74 Å². The maximum absolute atomic E-state index is 13.2. The predicted molar refractivity (Wildman–Crippen MR) is 133 cm³/mol. The zero-order valence-electron chi connectivity index (χ0n) is 20.3. The summed E-state index contributed by atoms with van der Waals surface area (Å²) >= 11 is 0. The molecule has 184 valence electrons. The Balaban J connectivity index is 1.49. The Hall–Kier alpha value is -3.65. The highest BCUT2D eigenvalue weighted by atomic mass is 16.6. The molecule has 35 heavy (non-hydrogen) atoms. The summed E-state index contributed by atoms with van der Waals surface area (Å²) in [5.41, 5.74) is 4.71. The first-order valence-electron chi connectivity index (χ1n) is 11.8. The van der Waals surface area contributed by atoms with Gasteiger partial charge in [0, 0.05) is 25.3 Å². The van der Waals surface area contributed by atoms with Crippen LogP contribution < -0.4 is 10.6 Å². The first kappa shape index (κ1) is 24.5. The van der Waals surface area contributed by atoms with E-state index in [0.717, 1.165) is 28.7 Å². The van der Waals surface area contributed by atoms with E-state index in [1.807, 2.05) is 39.0 Å². The summed E-state index contributed by atoms with van der Waals surface area (Å²) in [6.07, 6.45) is 2.50. The molecular weight excluding hydrogens is 446 g/mol. The lowest BCUT2D eigenvalue weighted by Crippen LogP contribution is -2.38. The Labute approximate surface area is 205 Å². The number of fused-ring (bicyclic) bond motifs is 1. The average molecular weight is 478 g/mol. The van der Waals surface area contributed by atoms with Crippen molar-refractivity contribution < 1.29 is 24.2 Å². The topological polar surface area (TPSA) is 108 Å². The molecule has 2 aromatic carbocycles. The molecule has 2 aromatic rings. The highest BCUT2D eigenvalue weighted by Crippen LogP contribution is 2.33. The van der Waals surface area contributed by atoms with Crippen molar-refractivity contribution in [2.75, 3.05) is 25.0 Å². The predicted octanol–water partition coefficient (Wildman–Crippen LogP) is 4.23. The lowest BCUT2D eigenvalue weighted by atomic mass is 9.85. The van der Waals surface area contributed by atoms with Crippen LogP contribution in [-0.2, 0) is 16.0 Å². The van der Waals surface area contributed by atoms with Crippen LogP contribution >= 0.6 is 0 Å². The van der Waals surface area contributed by atoms with Gasteiger partial charge in [-0.1, -0.05) is 24.3 Å². The van der Waals surface area contributed by atoms with Gasteiger partial charge >= 0.3 is 12.1 Å². The van der Waals surface area contributed by atoms with Gasteiger partial charge in [-0.25, -0.2) is 9.59 Å². The van der Waals surface area contributed by atoms with Crippen molar-refractivity contribution in [3.8, 4) is 0 Å². The molecule has 2 heterocycles. The number of carbonyl (C=O) groups excluding carboxylic acids is 2. The second-order valence-electron chi connectivity index (χ2n) is 9.79. The molecule has 0 bridgehead atoms. The fourth-order valence-corrected chi connectivity index (χ4v) is 4.47. The van der Waals surface area contributed by atoms with Crippen molar-refractivity contribution in [3.05, 3.63) is 70.8 Å². The van der Waals surface area contributed by atoms with E-state index in [9.17, 15) is 19.5 Å². The molecule has 0 saturated carbocycles. The molecular formula is C27H31N3O5. The first-order chi connectivity index (χ1) is 16.6. The number of carboxylic acid groups (broad SMARTS) is 1. The molecule has 0 unspecified atom stereocenters. The Kier molecular flexibility index (Phi) is 6.93. The van der Waals surface area contributed by atoms with Crippen LogP contribution in [0.2, 0.25) is 0 Å². The van der Waals surface area contributed by atoms with Gasteiger partial charge in [0.05, 0.1) is 5.56 Å². The van der Waals surface area contributed by atoms with Crippen molar-refractivity contribution in [3.63, 3.8) is 0 Å². The molecule has 2 aliphatic rings. The SMILES string of the molecule is CC(C)(C)OC(=O)c1ccc(NC(=O)[C@H]2NCCc3c(C4=CCN(C(=O)O)CC4)cccc32)cc1. The average Bonchev–Trinajstić information content (AvgIpc) is 2.82. The zero-order valence-corrected chi connectivity index (χ0v) is 20.3. The Bertz CT molecular complexity index is 1160. The molecule has 0 aromatic heterocycles. The Morgan fingerprint density at radius 3 is 2.46 bits per heavy atom. The number of amides is 2. The first-order valence-corrected chi connectivity index (χ1v) is 11.8. The third-order valence-corrected chi connectivity index (χ3v) is 6.12. The molecule has 4 rings (SSSR count). The van der Waals surface area contributed by atoms with Gasteiger partial charge in [0.15, 0.2) is 0 Å². The van der Waals surface area contributed by atoms with Crippen LogP contribution in [0.25, 0.3) is 5.57 Å². The lowest BCUT2D eigenvalue weighted by Gasteiger charge is -2.30. The number of nitrogens with zero attached hydrogens (tertiary/aromatic N) is 1. The van der Waals surface area contributed by atoms with E-state index in [0.29, 0.717) is 37.3 Å². The number of hydrogen-bond donors (Lipinski definition) is 3. The van der Waals surface area contributed by atoms with Crippen molar-refractivity contribution in [1.29, 1.82) is 0 Å². The summed E-state index contributed by atoms with van der Waals surface area (Å²) in [7, 11) is 0. The van der Waals surface area contributed by atoms with Crippen LogP contribution in [0.15, 0.2) is 48.5 Å². The minimum absolute atomic E-state index is 0.178. The summed E-state index contributed by atoms with van der Waals surface area (Å²) in [6.45, 7) is 6.94. The second kappa shape index (κ2) is 9.92. The van der Waals surface area contributed by atoms with Crippen molar-refractivity contribution >= 4 is 29.2 Å². The van der Waals surface area contributed by atoms with Crippen LogP contribution in [0, 0.1) is 0 Å². The highest BCUT2D eigenvalue weighted by Gasteiger charge is 2.29. The molecule has 8 heteroatoms. The second-order valence-corrected chi connectivity index (χ2v) is 9.79. The van der Waals surface area contributed by atoms with E-state index < -0.39 is 23.7 Å². The van der Waals surface area contributed by atoms with E-state index in [1.165, 1.54) is 4.90 Å². The summed E-state index contributed by atoms with van der Waals surface area (Å²) in [4.78, 5) is 38.0. The van der Waals surface area contributed by atoms with Crippen LogP contribution in [-0.4, -0.2) is 53.2 Å². The van der Waals surface area contributed by atoms with Gasteiger partial charge in [-0.05, 0) is 80.1 Å². The van der Waals surface area contributed by atoms with Gasteiger partial charge in [-0.2, -0.15) is 0 Å². The van der Waals surface area contributed by atoms with E-state index in [2.05, 4.69) is 16.7 Å². The minimum Gasteiger partial charge on any atom is -0.465 e. The normalized spacial score (nSPS) is 17.7. The maximum Gasteiger partial charge on any atom is 0.407 e. The van der Waals surface area contributed by atoms with Crippen LogP contribution in [0.5, 0.6) is 0 Å². The van der Waals surface area contributed by atoms with E-state index in [-0.39, 0.29) is 5.91 Å².